The Bertz CT molecular complexity index is 625. The highest BCUT2D eigenvalue weighted by molar-refractivity contribution is 5.81. The summed E-state index contributed by atoms with van der Waals surface area (Å²) in [6, 6.07) is 0. The monoisotopic (exact) mass is 311 g/mol. The molecule has 2 nitrogen and oxygen atoms in total. The molecule has 0 bridgehead atoms. The fourth-order valence-electron chi connectivity index (χ4n) is 3.72. The van der Waals surface area contributed by atoms with Crippen molar-refractivity contribution in [3.8, 4) is 0 Å². The van der Waals surface area contributed by atoms with Crippen LogP contribution in [0.15, 0.2) is 59.9 Å². The summed E-state index contributed by atoms with van der Waals surface area (Å²) >= 11 is 0. The van der Waals surface area contributed by atoms with Gasteiger partial charge in [0.15, 0.2) is 0 Å². The molecule has 1 aliphatic heterocycles. The summed E-state index contributed by atoms with van der Waals surface area (Å²) < 4.78 is 0. The Morgan fingerprint density at radius 3 is 2.57 bits per heavy atom. The van der Waals surface area contributed by atoms with Gasteiger partial charge in [-0.15, -0.1) is 0 Å². The molecule has 1 aliphatic carbocycles. The van der Waals surface area contributed by atoms with Crippen LogP contribution in [0.2, 0.25) is 0 Å². The molecule has 1 atom stereocenters. The van der Waals surface area contributed by atoms with E-state index >= 15 is 0 Å². The quantitative estimate of drug-likeness (QED) is 0.646. The second-order valence-corrected chi connectivity index (χ2v) is 7.55. The molecule has 2 aliphatic rings. The lowest BCUT2D eigenvalue weighted by molar-refractivity contribution is -0.137. The first-order valence-electron chi connectivity index (χ1n) is 8.45. The van der Waals surface area contributed by atoms with E-state index < -0.39 is 0 Å². The SMILES string of the molecule is C=CC1=C(/C=C\C=C/C)C2(C)CCC(=O)N(C(C)(C)C)C2=CC1. The summed E-state index contributed by atoms with van der Waals surface area (Å²) in [6.45, 7) is 14.6. The summed E-state index contributed by atoms with van der Waals surface area (Å²) in [5.41, 5.74) is 3.40. The molecular weight excluding hydrogens is 282 g/mol. The highest BCUT2D eigenvalue weighted by Crippen LogP contribution is 2.51. The maximum Gasteiger partial charge on any atom is 0.227 e. The highest BCUT2D eigenvalue weighted by Gasteiger charge is 2.46. The molecule has 1 unspecified atom stereocenters. The Hall–Kier alpha value is -1.83. The number of rotatable bonds is 3. The zero-order valence-electron chi connectivity index (χ0n) is 15.1. The van der Waals surface area contributed by atoms with Crippen LogP contribution in [0.25, 0.3) is 0 Å². The van der Waals surface area contributed by atoms with Gasteiger partial charge >= 0.3 is 0 Å². The number of carbonyl (C=O) groups is 1. The third kappa shape index (κ3) is 3.12. The van der Waals surface area contributed by atoms with Gasteiger partial charge in [0.25, 0.3) is 0 Å². The molecule has 0 aromatic carbocycles. The van der Waals surface area contributed by atoms with Gasteiger partial charge in [-0.3, -0.25) is 4.79 Å². The van der Waals surface area contributed by atoms with Crippen molar-refractivity contribution in [2.45, 2.75) is 59.4 Å². The third-order valence-electron chi connectivity index (χ3n) is 4.83. The molecule has 1 saturated heterocycles. The van der Waals surface area contributed by atoms with Crippen molar-refractivity contribution < 1.29 is 4.79 Å². The van der Waals surface area contributed by atoms with Crippen LogP contribution >= 0.6 is 0 Å². The number of allylic oxidation sites excluding steroid dienone is 8. The second kappa shape index (κ2) is 6.35. The number of carbonyl (C=O) groups excluding carboxylic acids is 1. The average Bonchev–Trinajstić information content (AvgIpc) is 2.47. The van der Waals surface area contributed by atoms with Crippen molar-refractivity contribution >= 4 is 5.91 Å². The van der Waals surface area contributed by atoms with Crippen LogP contribution in [0.1, 0.15) is 53.9 Å². The minimum atomic E-state index is -0.200. The van der Waals surface area contributed by atoms with E-state index in [0.29, 0.717) is 6.42 Å². The lowest BCUT2D eigenvalue weighted by Gasteiger charge is -2.51. The zero-order chi connectivity index (χ0) is 17.3. The number of likely N-dealkylation sites (tertiary alicyclic amines) is 1. The molecule has 1 heterocycles. The molecule has 0 N–H and O–H groups in total. The van der Waals surface area contributed by atoms with Crippen LogP contribution in [0.5, 0.6) is 0 Å². The Morgan fingerprint density at radius 1 is 1.30 bits per heavy atom. The maximum absolute atomic E-state index is 12.6. The van der Waals surface area contributed by atoms with Gasteiger partial charge in [-0.1, -0.05) is 43.0 Å². The van der Waals surface area contributed by atoms with E-state index in [0.717, 1.165) is 18.5 Å². The van der Waals surface area contributed by atoms with E-state index in [4.69, 9.17) is 0 Å². The van der Waals surface area contributed by atoms with Crippen molar-refractivity contribution in [2.75, 3.05) is 0 Å². The molecular formula is C21H29NO. The molecule has 0 saturated carbocycles. The Labute approximate surface area is 140 Å². The second-order valence-electron chi connectivity index (χ2n) is 7.55. The topological polar surface area (TPSA) is 20.3 Å². The van der Waals surface area contributed by atoms with Crippen LogP contribution < -0.4 is 0 Å². The van der Waals surface area contributed by atoms with E-state index in [9.17, 15) is 4.79 Å². The van der Waals surface area contributed by atoms with E-state index in [1.54, 1.807) is 0 Å². The lowest BCUT2D eigenvalue weighted by atomic mass is 9.66. The summed E-state index contributed by atoms with van der Waals surface area (Å²) in [4.78, 5) is 14.6. The molecule has 0 spiro atoms. The molecule has 2 rings (SSSR count). The van der Waals surface area contributed by atoms with Crippen LogP contribution in [0.4, 0.5) is 0 Å². The molecule has 1 amide bonds. The standard InChI is InChI=1S/C21H29NO/c1-7-9-10-11-17-16(8-2)12-13-18-21(17,6)15-14-19(23)22(18)20(3,4)5/h7-11,13H,2,12,14-15H2,1,3-6H3/b9-7-,11-10-. The largest absolute Gasteiger partial charge is 0.310 e. The number of hydrogen-bond donors (Lipinski definition) is 0. The van der Waals surface area contributed by atoms with E-state index in [1.165, 1.54) is 11.1 Å². The Kier molecular flexibility index (Phi) is 4.84. The van der Waals surface area contributed by atoms with Crippen molar-refractivity contribution in [3.05, 3.63) is 59.9 Å². The van der Waals surface area contributed by atoms with Crippen molar-refractivity contribution in [2.24, 2.45) is 5.41 Å². The van der Waals surface area contributed by atoms with Gasteiger partial charge in [0, 0.05) is 23.1 Å². The van der Waals surface area contributed by atoms with Crippen LogP contribution in [-0.4, -0.2) is 16.3 Å². The first kappa shape index (κ1) is 17.5. The summed E-state index contributed by atoms with van der Waals surface area (Å²) in [6.07, 6.45) is 14.8. The van der Waals surface area contributed by atoms with Crippen molar-refractivity contribution in [3.63, 3.8) is 0 Å². The smallest absolute Gasteiger partial charge is 0.227 e. The van der Waals surface area contributed by atoms with Crippen molar-refractivity contribution in [1.29, 1.82) is 0 Å². The summed E-state index contributed by atoms with van der Waals surface area (Å²) in [5.74, 6) is 0.236. The number of nitrogens with zero attached hydrogens (tertiary/aromatic N) is 1. The van der Waals surface area contributed by atoms with E-state index in [1.807, 2.05) is 30.1 Å². The van der Waals surface area contributed by atoms with Crippen molar-refractivity contribution in [1.82, 2.24) is 4.90 Å². The Balaban J connectivity index is 2.55. The molecule has 0 aromatic rings. The normalized spacial score (nSPS) is 26.0. The number of amides is 1. The third-order valence-corrected chi connectivity index (χ3v) is 4.83. The number of hydrogen-bond acceptors (Lipinski definition) is 1. The molecule has 0 radical (unpaired) electrons. The summed E-state index contributed by atoms with van der Waals surface area (Å²) in [5, 5.41) is 0. The van der Waals surface area contributed by atoms with Crippen LogP contribution in [0.3, 0.4) is 0 Å². The molecule has 2 heteroatoms. The molecule has 23 heavy (non-hydrogen) atoms. The predicted molar refractivity (Wildman–Crippen MR) is 97.8 cm³/mol. The van der Waals surface area contributed by atoms with E-state index in [2.05, 4.69) is 52.5 Å². The first-order valence-corrected chi connectivity index (χ1v) is 8.45. The average molecular weight is 311 g/mol. The molecule has 124 valence electrons. The van der Waals surface area contributed by atoms with E-state index in [-0.39, 0.29) is 16.9 Å². The lowest BCUT2D eigenvalue weighted by Crippen LogP contribution is -2.53. The van der Waals surface area contributed by atoms with Gasteiger partial charge in [-0.25, -0.2) is 0 Å². The van der Waals surface area contributed by atoms with Crippen LogP contribution in [-0.2, 0) is 4.79 Å². The summed E-state index contributed by atoms with van der Waals surface area (Å²) in [7, 11) is 0. The zero-order valence-corrected chi connectivity index (χ0v) is 15.1. The van der Waals surface area contributed by atoms with Gasteiger partial charge in [-0.2, -0.15) is 0 Å². The number of fused-ring (bicyclic) bond motifs is 1. The van der Waals surface area contributed by atoms with Gasteiger partial charge in [-0.05, 0) is 58.6 Å². The van der Waals surface area contributed by atoms with Gasteiger partial charge < -0.3 is 4.90 Å². The minimum Gasteiger partial charge on any atom is -0.310 e. The fraction of sp³-hybridized carbons (Fsp3) is 0.476. The van der Waals surface area contributed by atoms with Gasteiger partial charge in [0.2, 0.25) is 5.91 Å². The Morgan fingerprint density at radius 2 is 2.00 bits per heavy atom. The number of piperidine rings is 1. The predicted octanol–water partition coefficient (Wildman–Crippen LogP) is 5.32. The highest BCUT2D eigenvalue weighted by atomic mass is 16.2. The fourth-order valence-corrected chi connectivity index (χ4v) is 3.72. The van der Waals surface area contributed by atoms with Crippen LogP contribution in [0, 0.1) is 5.41 Å². The molecule has 0 aromatic heterocycles. The molecule has 1 fully saturated rings. The maximum atomic E-state index is 12.6. The van der Waals surface area contributed by atoms with Gasteiger partial charge in [0.1, 0.15) is 0 Å². The van der Waals surface area contributed by atoms with Gasteiger partial charge in [0.05, 0.1) is 0 Å². The minimum absolute atomic E-state index is 0.124. The first-order chi connectivity index (χ1) is 10.8.